The van der Waals surface area contributed by atoms with Crippen LogP contribution in [-0.2, 0) is 0 Å². The van der Waals surface area contributed by atoms with Crippen LogP contribution in [0.4, 0.5) is 0 Å². The first-order chi connectivity index (χ1) is 6.83. The standard InChI is InChI=1S/C8H9BrN4S/c9-7-4-14-3-6(7)8(13-10)5-1-11-12-2-5/h1-4,8,13H,10H2,(H,11,12). The second kappa shape index (κ2) is 4.22. The summed E-state index contributed by atoms with van der Waals surface area (Å²) >= 11 is 5.11. The zero-order chi connectivity index (χ0) is 9.97. The van der Waals surface area contributed by atoms with Crippen LogP contribution >= 0.6 is 27.3 Å². The highest BCUT2D eigenvalue weighted by atomic mass is 79.9. The molecule has 0 saturated heterocycles. The predicted molar refractivity (Wildman–Crippen MR) is 59.8 cm³/mol. The van der Waals surface area contributed by atoms with E-state index in [1.54, 1.807) is 17.5 Å². The van der Waals surface area contributed by atoms with Crippen LogP contribution in [0.5, 0.6) is 0 Å². The molecule has 0 spiro atoms. The first kappa shape index (κ1) is 9.85. The Morgan fingerprint density at radius 1 is 1.57 bits per heavy atom. The molecule has 0 amide bonds. The van der Waals surface area contributed by atoms with Crippen molar-refractivity contribution < 1.29 is 0 Å². The molecule has 0 fully saturated rings. The van der Waals surface area contributed by atoms with Crippen molar-refractivity contribution in [2.75, 3.05) is 0 Å². The molecule has 0 aliphatic heterocycles. The molecule has 0 aliphatic carbocycles. The fourth-order valence-corrected chi connectivity index (χ4v) is 2.83. The summed E-state index contributed by atoms with van der Waals surface area (Å²) in [5.74, 6) is 5.52. The highest BCUT2D eigenvalue weighted by Crippen LogP contribution is 2.30. The molecule has 4 N–H and O–H groups in total. The van der Waals surface area contributed by atoms with Gasteiger partial charge in [-0.2, -0.15) is 16.4 Å². The van der Waals surface area contributed by atoms with E-state index in [-0.39, 0.29) is 6.04 Å². The molecule has 6 heteroatoms. The molecule has 1 atom stereocenters. The van der Waals surface area contributed by atoms with E-state index in [0.29, 0.717) is 0 Å². The second-order valence-corrected chi connectivity index (χ2v) is 4.40. The number of thiophene rings is 1. The molecule has 1 unspecified atom stereocenters. The van der Waals surface area contributed by atoms with Gasteiger partial charge in [0.15, 0.2) is 0 Å². The Morgan fingerprint density at radius 2 is 2.43 bits per heavy atom. The topological polar surface area (TPSA) is 66.7 Å². The summed E-state index contributed by atoms with van der Waals surface area (Å²) in [6, 6.07) is -0.0191. The summed E-state index contributed by atoms with van der Waals surface area (Å²) in [6.07, 6.45) is 3.59. The van der Waals surface area contributed by atoms with Gasteiger partial charge in [-0.05, 0) is 26.9 Å². The molecule has 2 rings (SSSR count). The van der Waals surface area contributed by atoms with E-state index in [9.17, 15) is 0 Å². The Morgan fingerprint density at radius 3 is 2.93 bits per heavy atom. The average Bonchev–Trinajstić information content (AvgIpc) is 2.80. The van der Waals surface area contributed by atoms with E-state index in [0.717, 1.165) is 15.6 Å². The van der Waals surface area contributed by atoms with Crippen LogP contribution in [0.1, 0.15) is 17.2 Å². The zero-order valence-electron chi connectivity index (χ0n) is 7.20. The van der Waals surface area contributed by atoms with Crippen LogP contribution in [0.3, 0.4) is 0 Å². The normalized spacial score (nSPS) is 13.0. The summed E-state index contributed by atoms with van der Waals surface area (Å²) in [6.45, 7) is 0. The van der Waals surface area contributed by atoms with Gasteiger partial charge in [0.25, 0.3) is 0 Å². The van der Waals surface area contributed by atoms with E-state index in [4.69, 9.17) is 5.84 Å². The predicted octanol–water partition coefficient (Wildman–Crippen LogP) is 1.79. The Labute approximate surface area is 93.6 Å². The van der Waals surface area contributed by atoms with Crippen molar-refractivity contribution in [3.05, 3.63) is 38.8 Å². The minimum Gasteiger partial charge on any atom is -0.285 e. The molecular formula is C8H9BrN4S. The number of aromatic amines is 1. The highest BCUT2D eigenvalue weighted by molar-refractivity contribution is 9.10. The van der Waals surface area contributed by atoms with Crippen molar-refractivity contribution in [2.24, 2.45) is 5.84 Å². The van der Waals surface area contributed by atoms with E-state index < -0.39 is 0 Å². The van der Waals surface area contributed by atoms with E-state index in [1.165, 1.54) is 0 Å². The van der Waals surface area contributed by atoms with Crippen LogP contribution in [0.25, 0.3) is 0 Å². The molecule has 14 heavy (non-hydrogen) atoms. The van der Waals surface area contributed by atoms with Crippen molar-refractivity contribution >= 4 is 27.3 Å². The van der Waals surface area contributed by atoms with Gasteiger partial charge in [0, 0.05) is 21.6 Å². The number of hydrogen-bond acceptors (Lipinski definition) is 4. The average molecular weight is 273 g/mol. The zero-order valence-corrected chi connectivity index (χ0v) is 9.60. The van der Waals surface area contributed by atoms with Gasteiger partial charge in [-0.3, -0.25) is 10.9 Å². The van der Waals surface area contributed by atoms with Gasteiger partial charge in [0.05, 0.1) is 12.2 Å². The van der Waals surface area contributed by atoms with Crippen molar-refractivity contribution in [2.45, 2.75) is 6.04 Å². The summed E-state index contributed by atoms with van der Waals surface area (Å²) in [5, 5.41) is 10.8. The molecule has 2 heterocycles. The number of nitrogens with zero attached hydrogens (tertiary/aromatic N) is 1. The lowest BCUT2D eigenvalue weighted by atomic mass is 10.1. The SMILES string of the molecule is NNC(c1cn[nH]c1)c1cscc1Br. The molecule has 0 bridgehead atoms. The molecule has 2 aromatic rings. The van der Waals surface area contributed by atoms with Gasteiger partial charge in [-0.15, -0.1) is 0 Å². The van der Waals surface area contributed by atoms with E-state index in [2.05, 4.69) is 36.9 Å². The molecular weight excluding hydrogens is 264 g/mol. The Kier molecular flexibility index (Phi) is 2.97. The minimum absolute atomic E-state index is 0.0191. The van der Waals surface area contributed by atoms with Gasteiger partial charge in [-0.25, -0.2) is 5.43 Å². The molecule has 2 aromatic heterocycles. The first-order valence-corrected chi connectivity index (χ1v) is 5.73. The van der Waals surface area contributed by atoms with Crippen molar-refractivity contribution in [1.29, 1.82) is 0 Å². The van der Waals surface area contributed by atoms with Crippen LogP contribution in [-0.4, -0.2) is 10.2 Å². The number of nitrogens with two attached hydrogens (primary N) is 1. The number of aromatic nitrogens is 2. The number of hydrogen-bond donors (Lipinski definition) is 3. The number of halogens is 1. The molecule has 0 radical (unpaired) electrons. The number of H-pyrrole nitrogens is 1. The number of rotatable bonds is 3. The highest BCUT2D eigenvalue weighted by Gasteiger charge is 2.16. The van der Waals surface area contributed by atoms with E-state index >= 15 is 0 Å². The number of nitrogens with one attached hydrogen (secondary N) is 2. The summed E-state index contributed by atoms with van der Waals surface area (Å²) in [5.41, 5.74) is 4.91. The summed E-state index contributed by atoms with van der Waals surface area (Å²) < 4.78 is 1.06. The maximum Gasteiger partial charge on any atom is 0.0759 e. The lowest BCUT2D eigenvalue weighted by molar-refractivity contribution is 0.637. The minimum atomic E-state index is -0.0191. The van der Waals surface area contributed by atoms with Crippen LogP contribution in [0.2, 0.25) is 0 Å². The van der Waals surface area contributed by atoms with Gasteiger partial charge in [0.2, 0.25) is 0 Å². The molecule has 0 aromatic carbocycles. The summed E-state index contributed by atoms with van der Waals surface area (Å²) in [4.78, 5) is 0. The van der Waals surface area contributed by atoms with Crippen molar-refractivity contribution in [1.82, 2.24) is 15.6 Å². The third kappa shape index (κ3) is 1.74. The Balaban J connectivity index is 2.36. The fourth-order valence-electron chi connectivity index (χ4n) is 1.28. The van der Waals surface area contributed by atoms with Crippen LogP contribution in [0, 0.1) is 0 Å². The maximum absolute atomic E-state index is 5.52. The van der Waals surface area contributed by atoms with E-state index in [1.807, 2.05) is 11.6 Å². The van der Waals surface area contributed by atoms with Gasteiger partial charge in [-0.1, -0.05) is 0 Å². The summed E-state index contributed by atoms with van der Waals surface area (Å²) in [7, 11) is 0. The molecule has 0 aliphatic rings. The van der Waals surface area contributed by atoms with Gasteiger partial charge < -0.3 is 0 Å². The van der Waals surface area contributed by atoms with Gasteiger partial charge >= 0.3 is 0 Å². The quantitative estimate of drug-likeness (QED) is 0.590. The van der Waals surface area contributed by atoms with Crippen LogP contribution in [0.15, 0.2) is 27.6 Å². The Hall–Kier alpha value is -0.690. The molecule has 4 nitrogen and oxygen atoms in total. The monoisotopic (exact) mass is 272 g/mol. The largest absolute Gasteiger partial charge is 0.285 e. The van der Waals surface area contributed by atoms with Crippen molar-refractivity contribution in [3.8, 4) is 0 Å². The fraction of sp³-hybridized carbons (Fsp3) is 0.125. The van der Waals surface area contributed by atoms with Gasteiger partial charge in [0.1, 0.15) is 0 Å². The Bertz CT molecular complexity index is 397. The third-order valence-electron chi connectivity index (χ3n) is 1.97. The lowest BCUT2D eigenvalue weighted by Crippen LogP contribution is -2.28. The number of hydrazine groups is 1. The van der Waals surface area contributed by atoms with Crippen molar-refractivity contribution in [3.63, 3.8) is 0 Å². The third-order valence-corrected chi connectivity index (χ3v) is 3.72. The first-order valence-electron chi connectivity index (χ1n) is 3.99. The smallest absolute Gasteiger partial charge is 0.0759 e. The second-order valence-electron chi connectivity index (χ2n) is 2.81. The maximum atomic E-state index is 5.52. The molecule has 0 saturated carbocycles. The molecule has 74 valence electrons. The lowest BCUT2D eigenvalue weighted by Gasteiger charge is -2.12. The van der Waals surface area contributed by atoms with Crippen LogP contribution < -0.4 is 11.3 Å².